The molecule has 1 aromatic heterocycles. The fourth-order valence-electron chi connectivity index (χ4n) is 2.32. The van der Waals surface area contributed by atoms with Crippen LogP contribution in [0.2, 0.25) is 0 Å². The lowest BCUT2D eigenvalue weighted by Gasteiger charge is -2.12. The van der Waals surface area contributed by atoms with E-state index in [9.17, 15) is 4.79 Å². The number of amides is 1. The molecular weight excluding hydrogens is 330 g/mol. The van der Waals surface area contributed by atoms with E-state index in [2.05, 4.69) is 32.4 Å². The Balaban J connectivity index is 2.32. The lowest BCUT2D eigenvalue weighted by atomic mass is 10.1. The number of aryl methyl sites for hydroxylation is 4. The Hall–Kier alpha value is -1.62. The summed E-state index contributed by atoms with van der Waals surface area (Å²) in [5.74, 6) is -0.128. The molecule has 2 rings (SSSR count). The van der Waals surface area contributed by atoms with Crippen molar-refractivity contribution < 1.29 is 4.79 Å². The van der Waals surface area contributed by atoms with E-state index in [1.807, 2.05) is 39.8 Å². The second-order valence-electron chi connectivity index (χ2n) is 5.08. The number of aromatic nitrogens is 2. The monoisotopic (exact) mass is 349 g/mol. The zero-order valence-corrected chi connectivity index (χ0v) is 14.4. The molecule has 0 spiro atoms. The maximum absolute atomic E-state index is 12.5. The summed E-state index contributed by atoms with van der Waals surface area (Å²) in [5.41, 5.74) is 4.54. The van der Waals surface area contributed by atoms with Crippen molar-refractivity contribution in [2.75, 3.05) is 5.32 Å². The van der Waals surface area contributed by atoms with Crippen molar-refractivity contribution in [2.24, 2.45) is 0 Å². The molecule has 0 atom stereocenters. The van der Waals surface area contributed by atoms with Crippen LogP contribution in [0.25, 0.3) is 0 Å². The van der Waals surface area contributed by atoms with Gasteiger partial charge in [-0.2, -0.15) is 5.10 Å². The number of halogens is 1. The number of hydrogen-bond donors (Lipinski definition) is 1. The van der Waals surface area contributed by atoms with Crippen molar-refractivity contribution in [3.63, 3.8) is 0 Å². The van der Waals surface area contributed by atoms with Gasteiger partial charge in [-0.1, -0.05) is 13.0 Å². The van der Waals surface area contributed by atoms with Crippen LogP contribution in [0.1, 0.15) is 41.2 Å². The predicted molar refractivity (Wildman–Crippen MR) is 88.8 cm³/mol. The molecule has 0 bridgehead atoms. The molecule has 2 aromatic rings. The van der Waals surface area contributed by atoms with Crippen LogP contribution in [0.5, 0.6) is 0 Å². The molecule has 0 unspecified atom stereocenters. The Morgan fingerprint density at radius 3 is 2.57 bits per heavy atom. The first kappa shape index (κ1) is 15.8. The van der Waals surface area contributed by atoms with E-state index in [-0.39, 0.29) is 5.91 Å². The van der Waals surface area contributed by atoms with Crippen LogP contribution in [0.4, 0.5) is 5.69 Å². The van der Waals surface area contributed by atoms with Gasteiger partial charge in [-0.25, -0.2) is 0 Å². The molecule has 4 nitrogen and oxygen atoms in total. The highest BCUT2D eigenvalue weighted by atomic mass is 79.9. The van der Waals surface area contributed by atoms with E-state index in [0.717, 1.165) is 33.4 Å². The molecule has 1 heterocycles. The largest absolute Gasteiger partial charge is 0.319 e. The summed E-state index contributed by atoms with van der Waals surface area (Å²) in [4.78, 5) is 12.5. The number of hydrogen-bond acceptors (Lipinski definition) is 2. The van der Waals surface area contributed by atoms with E-state index < -0.39 is 0 Å². The normalized spacial score (nSPS) is 10.7. The highest BCUT2D eigenvalue weighted by Crippen LogP contribution is 2.28. The Morgan fingerprint density at radius 2 is 2.00 bits per heavy atom. The van der Waals surface area contributed by atoms with Crippen LogP contribution in [0, 0.1) is 13.8 Å². The number of rotatable bonds is 4. The van der Waals surface area contributed by atoms with Gasteiger partial charge < -0.3 is 5.32 Å². The van der Waals surface area contributed by atoms with Crippen LogP contribution in [-0.2, 0) is 13.0 Å². The van der Waals surface area contributed by atoms with Crippen molar-refractivity contribution in [3.8, 4) is 0 Å². The maximum atomic E-state index is 12.5. The van der Waals surface area contributed by atoms with E-state index in [1.54, 1.807) is 4.68 Å². The van der Waals surface area contributed by atoms with Crippen LogP contribution in [0.15, 0.2) is 22.7 Å². The first-order valence-electron chi connectivity index (χ1n) is 7.11. The zero-order chi connectivity index (χ0) is 15.6. The second-order valence-corrected chi connectivity index (χ2v) is 5.94. The van der Waals surface area contributed by atoms with E-state index >= 15 is 0 Å². The summed E-state index contributed by atoms with van der Waals surface area (Å²) in [6, 6.07) is 5.91. The molecule has 112 valence electrons. The zero-order valence-electron chi connectivity index (χ0n) is 12.8. The van der Waals surface area contributed by atoms with Gasteiger partial charge in [0.1, 0.15) is 5.69 Å². The molecule has 1 aromatic carbocycles. The van der Waals surface area contributed by atoms with Gasteiger partial charge in [-0.05, 0) is 66.4 Å². The highest BCUT2D eigenvalue weighted by molar-refractivity contribution is 9.10. The van der Waals surface area contributed by atoms with Crippen LogP contribution >= 0.6 is 15.9 Å². The molecule has 0 saturated heterocycles. The summed E-state index contributed by atoms with van der Waals surface area (Å²) >= 11 is 3.52. The molecule has 0 radical (unpaired) electrons. The number of carbonyl (C=O) groups excluding carboxylic acids is 1. The molecule has 0 aliphatic heterocycles. The minimum absolute atomic E-state index is 0.128. The lowest BCUT2D eigenvalue weighted by molar-refractivity contribution is 0.101. The molecule has 1 amide bonds. The van der Waals surface area contributed by atoms with Crippen molar-refractivity contribution in [2.45, 2.75) is 40.7 Å². The molecule has 0 fully saturated rings. The molecule has 5 heteroatoms. The number of benzene rings is 1. The molecule has 21 heavy (non-hydrogen) atoms. The van der Waals surface area contributed by atoms with E-state index in [0.29, 0.717) is 12.2 Å². The van der Waals surface area contributed by atoms with E-state index in [4.69, 9.17) is 0 Å². The quantitative estimate of drug-likeness (QED) is 0.903. The minimum Gasteiger partial charge on any atom is -0.319 e. The summed E-state index contributed by atoms with van der Waals surface area (Å²) in [6.07, 6.45) is 0.820. The van der Waals surface area contributed by atoms with Crippen molar-refractivity contribution >= 4 is 27.5 Å². The lowest BCUT2D eigenvalue weighted by Crippen LogP contribution is -2.18. The third-order valence-corrected chi connectivity index (χ3v) is 4.02. The number of nitrogens with one attached hydrogen (secondary N) is 1. The SMILES string of the molecule is CCc1cc(C(=O)Nc2c(C)cc(C)cc2Br)n(CC)n1. The van der Waals surface area contributed by atoms with Gasteiger partial charge in [0, 0.05) is 11.0 Å². The Bertz CT molecular complexity index is 653. The van der Waals surface area contributed by atoms with Gasteiger partial charge in [-0.3, -0.25) is 9.48 Å². The number of carbonyl (C=O) groups is 1. The minimum atomic E-state index is -0.128. The topological polar surface area (TPSA) is 46.9 Å². The van der Waals surface area contributed by atoms with Gasteiger partial charge in [0.05, 0.1) is 11.4 Å². The fraction of sp³-hybridized carbons (Fsp3) is 0.375. The molecule has 0 saturated carbocycles. The standard InChI is InChI=1S/C16H20BrN3O/c1-5-12-9-14(20(6-2)19-12)16(21)18-15-11(4)7-10(3)8-13(15)17/h7-9H,5-6H2,1-4H3,(H,18,21). The molecule has 0 aliphatic carbocycles. The van der Waals surface area contributed by atoms with Crippen molar-refractivity contribution in [1.82, 2.24) is 9.78 Å². The van der Waals surface area contributed by atoms with Gasteiger partial charge in [0.2, 0.25) is 0 Å². The average molecular weight is 350 g/mol. The first-order valence-corrected chi connectivity index (χ1v) is 7.90. The summed E-state index contributed by atoms with van der Waals surface area (Å²) in [6.45, 7) is 8.71. The molecular formula is C16H20BrN3O. The smallest absolute Gasteiger partial charge is 0.273 e. The first-order chi connectivity index (χ1) is 9.96. The second kappa shape index (κ2) is 6.43. The average Bonchev–Trinajstić information content (AvgIpc) is 2.86. The number of nitrogens with zero attached hydrogens (tertiary/aromatic N) is 2. The van der Waals surface area contributed by atoms with Crippen molar-refractivity contribution in [3.05, 3.63) is 45.2 Å². The van der Waals surface area contributed by atoms with Gasteiger partial charge in [0.15, 0.2) is 0 Å². The summed E-state index contributed by atoms with van der Waals surface area (Å²) < 4.78 is 2.64. The predicted octanol–water partition coefficient (Wildman–Crippen LogP) is 4.10. The fourth-order valence-corrected chi connectivity index (χ4v) is 3.09. The maximum Gasteiger partial charge on any atom is 0.273 e. The number of anilines is 1. The highest BCUT2D eigenvalue weighted by Gasteiger charge is 2.16. The van der Waals surface area contributed by atoms with Gasteiger partial charge >= 0.3 is 0 Å². The summed E-state index contributed by atoms with van der Waals surface area (Å²) in [7, 11) is 0. The van der Waals surface area contributed by atoms with Crippen LogP contribution in [0.3, 0.4) is 0 Å². The Kier molecular flexibility index (Phi) is 4.83. The Labute approximate surface area is 133 Å². The Morgan fingerprint density at radius 1 is 1.29 bits per heavy atom. The third-order valence-electron chi connectivity index (χ3n) is 3.40. The van der Waals surface area contributed by atoms with Gasteiger partial charge in [-0.15, -0.1) is 0 Å². The molecule has 0 aliphatic rings. The van der Waals surface area contributed by atoms with Crippen LogP contribution in [-0.4, -0.2) is 15.7 Å². The molecule has 1 N–H and O–H groups in total. The summed E-state index contributed by atoms with van der Waals surface area (Å²) in [5, 5.41) is 7.40. The van der Waals surface area contributed by atoms with Crippen molar-refractivity contribution in [1.29, 1.82) is 0 Å². The van der Waals surface area contributed by atoms with E-state index in [1.165, 1.54) is 0 Å². The van der Waals surface area contributed by atoms with Crippen LogP contribution < -0.4 is 5.32 Å². The third kappa shape index (κ3) is 3.35. The van der Waals surface area contributed by atoms with Gasteiger partial charge in [0.25, 0.3) is 5.91 Å².